The van der Waals surface area contributed by atoms with Crippen LogP contribution in [0.5, 0.6) is 0 Å². The molecule has 0 spiro atoms. The van der Waals surface area contributed by atoms with Crippen LogP contribution in [0.1, 0.15) is 40.0 Å². The highest BCUT2D eigenvalue weighted by Gasteiger charge is 2.46. The molecule has 1 nitrogen and oxygen atoms in total. The van der Waals surface area contributed by atoms with Crippen LogP contribution in [0.3, 0.4) is 0 Å². The number of hydrogen-bond donors (Lipinski definition) is 0. The van der Waals surface area contributed by atoms with Gasteiger partial charge in [0, 0.05) is 5.41 Å². The number of ketones is 1. The molecule has 0 aromatic heterocycles. The Hall–Kier alpha value is -0.590. The molecule has 0 unspecified atom stereocenters. The van der Waals surface area contributed by atoms with Gasteiger partial charge in [0.25, 0.3) is 0 Å². The predicted octanol–water partition coefficient (Wildman–Crippen LogP) is 2.96. The number of hydrogen-bond acceptors (Lipinski definition) is 1. The summed E-state index contributed by atoms with van der Waals surface area (Å²) in [6.45, 7) is 6.49. The molecule has 0 bridgehead atoms. The van der Waals surface area contributed by atoms with Gasteiger partial charge in [-0.05, 0) is 37.2 Å². The van der Waals surface area contributed by atoms with Gasteiger partial charge in [0.05, 0.1) is 0 Å². The van der Waals surface area contributed by atoms with E-state index in [-0.39, 0.29) is 5.41 Å². The van der Waals surface area contributed by atoms with E-state index >= 15 is 0 Å². The lowest BCUT2D eigenvalue weighted by Crippen LogP contribution is -2.33. The Morgan fingerprint density at radius 2 is 2.15 bits per heavy atom. The molecule has 1 heteroatoms. The Kier molecular flexibility index (Phi) is 1.86. The zero-order valence-corrected chi connectivity index (χ0v) is 8.76. The number of rotatable bonds is 0. The zero-order valence-electron chi connectivity index (χ0n) is 8.76. The molecule has 2 rings (SSSR count). The molecule has 13 heavy (non-hydrogen) atoms. The van der Waals surface area contributed by atoms with E-state index in [1.54, 1.807) is 0 Å². The molecule has 0 aliphatic heterocycles. The molecule has 0 amide bonds. The van der Waals surface area contributed by atoms with Crippen molar-refractivity contribution < 1.29 is 4.79 Å². The van der Waals surface area contributed by atoms with Gasteiger partial charge in [0.1, 0.15) is 0 Å². The molecule has 2 atom stereocenters. The SMILES string of the molecule is C[C@@H]1CCCC2=CC(=O)C(C)(C)[C@@H]21. The Balaban J connectivity index is 2.36. The summed E-state index contributed by atoms with van der Waals surface area (Å²) < 4.78 is 0. The monoisotopic (exact) mass is 178 g/mol. The van der Waals surface area contributed by atoms with Crippen molar-refractivity contribution in [2.24, 2.45) is 17.3 Å². The minimum absolute atomic E-state index is 0.116. The van der Waals surface area contributed by atoms with Crippen molar-refractivity contribution in [1.82, 2.24) is 0 Å². The first-order valence-corrected chi connectivity index (χ1v) is 5.28. The van der Waals surface area contributed by atoms with Crippen LogP contribution in [0, 0.1) is 17.3 Å². The Morgan fingerprint density at radius 3 is 2.77 bits per heavy atom. The number of allylic oxidation sites excluding steroid dienone is 2. The maximum absolute atomic E-state index is 11.7. The molecular formula is C12H18O. The summed E-state index contributed by atoms with van der Waals surface area (Å²) in [6.07, 6.45) is 5.64. The first-order valence-electron chi connectivity index (χ1n) is 5.28. The van der Waals surface area contributed by atoms with Crippen LogP contribution in [0.2, 0.25) is 0 Å². The summed E-state index contributed by atoms with van der Waals surface area (Å²) in [5, 5.41) is 0. The van der Waals surface area contributed by atoms with Gasteiger partial charge in [-0.3, -0.25) is 4.79 Å². The molecule has 1 saturated carbocycles. The van der Waals surface area contributed by atoms with Gasteiger partial charge < -0.3 is 0 Å². The second-order valence-electron chi connectivity index (χ2n) is 5.15. The largest absolute Gasteiger partial charge is 0.294 e. The third-order valence-corrected chi connectivity index (χ3v) is 3.82. The molecule has 72 valence electrons. The smallest absolute Gasteiger partial charge is 0.161 e. The van der Waals surface area contributed by atoms with Crippen molar-refractivity contribution in [3.05, 3.63) is 11.6 Å². The summed E-state index contributed by atoms with van der Waals surface area (Å²) in [6, 6.07) is 0. The van der Waals surface area contributed by atoms with Crippen molar-refractivity contribution in [2.45, 2.75) is 40.0 Å². The second-order valence-corrected chi connectivity index (χ2v) is 5.15. The van der Waals surface area contributed by atoms with Crippen LogP contribution in [0.25, 0.3) is 0 Å². The quantitative estimate of drug-likeness (QED) is 0.557. The average Bonchev–Trinajstić information content (AvgIpc) is 2.24. The molecule has 0 aromatic rings. The number of fused-ring (bicyclic) bond motifs is 1. The highest BCUT2D eigenvalue weighted by atomic mass is 16.1. The molecule has 0 saturated heterocycles. The first-order chi connectivity index (χ1) is 6.03. The van der Waals surface area contributed by atoms with Crippen LogP contribution >= 0.6 is 0 Å². The summed E-state index contributed by atoms with van der Waals surface area (Å²) >= 11 is 0. The summed E-state index contributed by atoms with van der Waals surface area (Å²) in [4.78, 5) is 11.7. The van der Waals surface area contributed by atoms with Gasteiger partial charge in [-0.1, -0.05) is 26.3 Å². The first kappa shape index (κ1) is 8.98. The van der Waals surface area contributed by atoms with E-state index in [1.807, 2.05) is 6.08 Å². The molecule has 0 N–H and O–H groups in total. The van der Waals surface area contributed by atoms with Crippen LogP contribution in [0.4, 0.5) is 0 Å². The summed E-state index contributed by atoms with van der Waals surface area (Å²) in [5.41, 5.74) is 1.31. The highest BCUT2D eigenvalue weighted by molar-refractivity contribution is 5.98. The fourth-order valence-corrected chi connectivity index (χ4v) is 3.16. The van der Waals surface area contributed by atoms with Crippen LogP contribution in [-0.2, 0) is 4.79 Å². The van der Waals surface area contributed by atoms with Gasteiger partial charge in [-0.2, -0.15) is 0 Å². The van der Waals surface area contributed by atoms with E-state index < -0.39 is 0 Å². The van der Waals surface area contributed by atoms with Gasteiger partial charge in [-0.25, -0.2) is 0 Å². The molecule has 1 fully saturated rings. The molecule has 2 aliphatic carbocycles. The molecule has 0 radical (unpaired) electrons. The van der Waals surface area contributed by atoms with Crippen molar-refractivity contribution in [3.63, 3.8) is 0 Å². The van der Waals surface area contributed by atoms with Crippen molar-refractivity contribution in [2.75, 3.05) is 0 Å². The van der Waals surface area contributed by atoms with Crippen LogP contribution in [-0.4, -0.2) is 5.78 Å². The topological polar surface area (TPSA) is 17.1 Å². The minimum Gasteiger partial charge on any atom is -0.294 e. The fraction of sp³-hybridized carbons (Fsp3) is 0.750. The van der Waals surface area contributed by atoms with Crippen molar-refractivity contribution in [3.8, 4) is 0 Å². The standard InChI is InChI=1S/C12H18O/c1-8-5-4-6-9-7-10(13)12(2,3)11(8)9/h7-8,11H,4-6H2,1-3H3/t8-,11-/m1/s1. The van der Waals surface area contributed by atoms with E-state index in [1.165, 1.54) is 18.4 Å². The minimum atomic E-state index is -0.116. The second kappa shape index (κ2) is 2.70. The Morgan fingerprint density at radius 1 is 1.46 bits per heavy atom. The number of carbonyl (C=O) groups excluding carboxylic acids is 1. The highest BCUT2D eigenvalue weighted by Crippen LogP contribution is 2.49. The lowest BCUT2D eigenvalue weighted by molar-refractivity contribution is -0.123. The predicted molar refractivity (Wildman–Crippen MR) is 53.4 cm³/mol. The lowest BCUT2D eigenvalue weighted by atomic mass is 9.67. The Labute approximate surface area is 80.2 Å². The molecule has 2 aliphatic rings. The lowest BCUT2D eigenvalue weighted by Gasteiger charge is -2.36. The van der Waals surface area contributed by atoms with Gasteiger partial charge in [-0.15, -0.1) is 0 Å². The molecular weight excluding hydrogens is 160 g/mol. The normalized spacial score (nSPS) is 37.2. The van der Waals surface area contributed by atoms with Crippen molar-refractivity contribution in [1.29, 1.82) is 0 Å². The van der Waals surface area contributed by atoms with E-state index in [0.717, 1.165) is 6.42 Å². The van der Waals surface area contributed by atoms with Gasteiger partial charge in [0.2, 0.25) is 0 Å². The maximum atomic E-state index is 11.7. The van der Waals surface area contributed by atoms with E-state index in [4.69, 9.17) is 0 Å². The molecule has 0 aromatic carbocycles. The van der Waals surface area contributed by atoms with Gasteiger partial charge >= 0.3 is 0 Å². The third-order valence-electron chi connectivity index (χ3n) is 3.82. The van der Waals surface area contributed by atoms with E-state index in [0.29, 0.717) is 17.6 Å². The number of carbonyl (C=O) groups is 1. The summed E-state index contributed by atoms with van der Waals surface area (Å²) in [5.74, 6) is 1.58. The van der Waals surface area contributed by atoms with Crippen LogP contribution < -0.4 is 0 Å². The average molecular weight is 178 g/mol. The molecule has 0 heterocycles. The third kappa shape index (κ3) is 1.17. The summed E-state index contributed by atoms with van der Waals surface area (Å²) in [7, 11) is 0. The Bertz CT molecular complexity index is 273. The van der Waals surface area contributed by atoms with E-state index in [2.05, 4.69) is 20.8 Å². The maximum Gasteiger partial charge on any atom is 0.161 e. The van der Waals surface area contributed by atoms with Crippen molar-refractivity contribution >= 4 is 5.78 Å². The van der Waals surface area contributed by atoms with E-state index in [9.17, 15) is 4.79 Å². The fourth-order valence-electron chi connectivity index (χ4n) is 3.16. The van der Waals surface area contributed by atoms with Gasteiger partial charge in [0.15, 0.2) is 5.78 Å². The zero-order chi connectivity index (χ0) is 9.64. The van der Waals surface area contributed by atoms with Crippen LogP contribution in [0.15, 0.2) is 11.6 Å².